The quantitative estimate of drug-likeness (QED) is 0.379. The first-order valence-corrected chi connectivity index (χ1v) is 3.93. The molecule has 1 aliphatic rings. The van der Waals surface area contributed by atoms with Crippen molar-refractivity contribution in [2.75, 3.05) is 7.05 Å². The van der Waals surface area contributed by atoms with E-state index < -0.39 is 10.5 Å². The molecule has 0 amide bonds. The highest BCUT2D eigenvalue weighted by Crippen LogP contribution is 2.29. The second-order valence-corrected chi connectivity index (χ2v) is 3.10. The van der Waals surface area contributed by atoms with Crippen LogP contribution in [0.3, 0.4) is 0 Å². The molecule has 0 aliphatic carbocycles. The summed E-state index contributed by atoms with van der Waals surface area (Å²) in [6.07, 6.45) is -3.56. The van der Waals surface area contributed by atoms with Crippen molar-refractivity contribution in [1.29, 1.82) is 0 Å². The Hall–Kier alpha value is -0.210. The van der Waals surface area contributed by atoms with Gasteiger partial charge in [-0.25, -0.2) is 4.90 Å². The molecule has 0 aromatic rings. The van der Waals surface area contributed by atoms with Gasteiger partial charge in [-0.3, -0.25) is 5.01 Å². The summed E-state index contributed by atoms with van der Waals surface area (Å²) in [5, 5.41) is 4.70. The van der Waals surface area contributed by atoms with E-state index in [2.05, 4.69) is 5.10 Å². The van der Waals surface area contributed by atoms with Crippen LogP contribution < -0.4 is 0 Å². The summed E-state index contributed by atoms with van der Waals surface area (Å²) in [4.78, 5) is 0.230. The molecule has 0 saturated carbocycles. The van der Waals surface area contributed by atoms with Crippen LogP contribution in [0.4, 0.5) is 13.2 Å². The van der Waals surface area contributed by atoms with Gasteiger partial charge in [0.15, 0.2) is 4.17 Å². The van der Waals surface area contributed by atoms with Crippen LogP contribution in [0, 0.1) is 0 Å². The van der Waals surface area contributed by atoms with Gasteiger partial charge in [-0.05, 0) is 22.6 Å². The summed E-state index contributed by atoms with van der Waals surface area (Å²) in [5.41, 5.74) is 0. The zero-order valence-corrected chi connectivity index (χ0v) is 7.67. The van der Waals surface area contributed by atoms with E-state index in [1.807, 2.05) is 0 Å². The van der Waals surface area contributed by atoms with Crippen molar-refractivity contribution in [3.05, 3.63) is 0 Å². The zero-order valence-electron chi connectivity index (χ0n) is 5.51. The van der Waals surface area contributed by atoms with E-state index in [4.69, 9.17) is 0 Å². The molecule has 0 spiro atoms. The minimum absolute atomic E-state index is 0.230. The summed E-state index contributed by atoms with van der Waals surface area (Å²) in [6.45, 7) is 0. The standard InChI is InChI=1S/C4H5F3IN3/c1-10-3(8)11(2-9-10)4(5,6)7/h2-3H,1H3. The number of hydrogen-bond acceptors (Lipinski definition) is 3. The largest absolute Gasteiger partial charge is 0.488 e. The van der Waals surface area contributed by atoms with Crippen LogP contribution in [0.25, 0.3) is 0 Å². The van der Waals surface area contributed by atoms with E-state index in [-0.39, 0.29) is 4.90 Å². The van der Waals surface area contributed by atoms with Gasteiger partial charge in [-0.1, -0.05) is 0 Å². The molecule has 0 fully saturated rings. The monoisotopic (exact) mass is 279 g/mol. The van der Waals surface area contributed by atoms with E-state index >= 15 is 0 Å². The van der Waals surface area contributed by atoms with Gasteiger partial charge in [0.1, 0.15) is 6.34 Å². The Labute approximate surface area is 75.0 Å². The first-order chi connectivity index (χ1) is 4.93. The van der Waals surface area contributed by atoms with E-state index in [0.717, 1.165) is 6.34 Å². The molecule has 0 N–H and O–H groups in total. The van der Waals surface area contributed by atoms with Crippen molar-refractivity contribution in [1.82, 2.24) is 9.91 Å². The number of halogens is 4. The second-order valence-electron chi connectivity index (χ2n) is 1.99. The van der Waals surface area contributed by atoms with E-state index in [9.17, 15) is 13.2 Å². The molecule has 1 unspecified atom stereocenters. The average Bonchev–Trinajstić information content (AvgIpc) is 2.11. The smallest absolute Gasteiger partial charge is 0.267 e. The highest BCUT2D eigenvalue weighted by atomic mass is 127. The zero-order chi connectivity index (χ0) is 8.65. The Morgan fingerprint density at radius 1 is 1.55 bits per heavy atom. The van der Waals surface area contributed by atoms with Crippen LogP contribution in [-0.4, -0.2) is 33.8 Å². The molecule has 3 nitrogen and oxygen atoms in total. The van der Waals surface area contributed by atoms with E-state index in [1.165, 1.54) is 12.1 Å². The van der Waals surface area contributed by atoms with Gasteiger partial charge in [0.05, 0.1) is 0 Å². The maximum atomic E-state index is 12.0. The summed E-state index contributed by atoms with van der Waals surface area (Å²) in [5.74, 6) is 0. The fraction of sp³-hybridized carbons (Fsp3) is 0.750. The summed E-state index contributed by atoms with van der Waals surface area (Å²) in [6, 6.07) is 0. The first kappa shape index (κ1) is 8.88. The predicted octanol–water partition coefficient (Wildman–Crippen LogP) is 1.42. The summed E-state index contributed by atoms with van der Waals surface area (Å²) < 4.78 is 35.2. The maximum absolute atomic E-state index is 12.0. The molecule has 1 heterocycles. The topological polar surface area (TPSA) is 18.8 Å². The van der Waals surface area contributed by atoms with E-state index in [0.29, 0.717) is 0 Å². The Morgan fingerprint density at radius 3 is 2.27 bits per heavy atom. The van der Waals surface area contributed by atoms with Crippen molar-refractivity contribution < 1.29 is 13.2 Å². The third kappa shape index (κ3) is 1.68. The molecule has 64 valence electrons. The molecule has 0 aromatic heterocycles. The Bertz CT molecular complexity index is 180. The van der Waals surface area contributed by atoms with Crippen LogP contribution in [0.2, 0.25) is 0 Å². The van der Waals surface area contributed by atoms with Gasteiger partial charge in [0, 0.05) is 7.05 Å². The summed E-state index contributed by atoms with van der Waals surface area (Å²) >= 11 is 1.65. The van der Waals surface area contributed by atoms with Crippen LogP contribution in [0.15, 0.2) is 5.10 Å². The molecule has 1 rings (SSSR count). The van der Waals surface area contributed by atoms with Gasteiger partial charge in [-0.15, -0.1) is 13.2 Å². The van der Waals surface area contributed by atoms with Crippen molar-refractivity contribution in [3.8, 4) is 0 Å². The van der Waals surface area contributed by atoms with Crippen molar-refractivity contribution in [2.24, 2.45) is 5.10 Å². The fourth-order valence-electron chi connectivity index (χ4n) is 0.613. The predicted molar refractivity (Wildman–Crippen MR) is 42.0 cm³/mol. The molecule has 7 heteroatoms. The van der Waals surface area contributed by atoms with Crippen LogP contribution in [-0.2, 0) is 0 Å². The highest BCUT2D eigenvalue weighted by molar-refractivity contribution is 14.1. The molecule has 0 radical (unpaired) electrons. The van der Waals surface area contributed by atoms with Gasteiger partial charge in [-0.2, -0.15) is 5.10 Å². The third-order valence-corrected chi connectivity index (χ3v) is 2.60. The van der Waals surface area contributed by atoms with Gasteiger partial charge in [0.2, 0.25) is 0 Å². The number of rotatable bonds is 0. The Kier molecular flexibility index (Phi) is 2.17. The lowest BCUT2D eigenvalue weighted by Crippen LogP contribution is -2.42. The third-order valence-electron chi connectivity index (χ3n) is 1.19. The first-order valence-electron chi connectivity index (χ1n) is 2.69. The minimum atomic E-state index is -4.33. The molecule has 11 heavy (non-hydrogen) atoms. The molecule has 1 aliphatic heterocycles. The van der Waals surface area contributed by atoms with Crippen molar-refractivity contribution in [3.63, 3.8) is 0 Å². The summed E-state index contributed by atoms with van der Waals surface area (Å²) in [7, 11) is 1.49. The van der Waals surface area contributed by atoms with Crippen molar-refractivity contribution >= 4 is 28.9 Å². The molecular formula is C4H5F3IN3. The van der Waals surface area contributed by atoms with E-state index in [1.54, 1.807) is 22.6 Å². The lowest BCUT2D eigenvalue weighted by atomic mass is 10.8. The normalized spacial score (nSPS) is 25.0. The molecule has 0 bridgehead atoms. The average molecular weight is 279 g/mol. The highest BCUT2D eigenvalue weighted by Gasteiger charge is 2.43. The van der Waals surface area contributed by atoms with Gasteiger partial charge >= 0.3 is 6.30 Å². The molecule has 0 saturated heterocycles. The SMILES string of the molecule is CN1N=CN(C(F)(F)F)C1I. The van der Waals surface area contributed by atoms with Crippen LogP contribution >= 0.6 is 22.6 Å². The second kappa shape index (κ2) is 2.68. The molecular weight excluding hydrogens is 274 g/mol. The van der Waals surface area contributed by atoms with Gasteiger partial charge in [0.25, 0.3) is 0 Å². The number of alkyl halides is 4. The lowest BCUT2D eigenvalue weighted by Gasteiger charge is -2.24. The number of hydrogen-bond donors (Lipinski definition) is 0. The van der Waals surface area contributed by atoms with Crippen LogP contribution in [0.5, 0.6) is 0 Å². The van der Waals surface area contributed by atoms with Gasteiger partial charge < -0.3 is 0 Å². The lowest BCUT2D eigenvalue weighted by molar-refractivity contribution is -0.221. The fourth-order valence-corrected chi connectivity index (χ4v) is 1.22. The number of hydrazone groups is 1. The Balaban J connectivity index is 2.70. The van der Waals surface area contributed by atoms with Crippen molar-refractivity contribution in [2.45, 2.75) is 10.5 Å². The molecule has 1 atom stereocenters. The minimum Gasteiger partial charge on any atom is -0.267 e. The number of nitrogens with zero attached hydrogens (tertiary/aromatic N) is 3. The maximum Gasteiger partial charge on any atom is 0.488 e. The molecule has 0 aromatic carbocycles. The van der Waals surface area contributed by atoms with Crippen LogP contribution in [0.1, 0.15) is 0 Å². The Morgan fingerprint density at radius 2 is 2.09 bits per heavy atom.